The predicted octanol–water partition coefficient (Wildman–Crippen LogP) is 12.8. The molecule has 0 saturated carbocycles. The van der Waals surface area contributed by atoms with Gasteiger partial charge in [-0.25, -0.2) is 0 Å². The summed E-state index contributed by atoms with van der Waals surface area (Å²) in [7, 11) is 0. The summed E-state index contributed by atoms with van der Waals surface area (Å²) in [6, 6.07) is 75.4. The highest BCUT2D eigenvalue weighted by Crippen LogP contribution is 2.44. The first kappa shape index (κ1) is 33.4. The number of anilines is 6. The van der Waals surface area contributed by atoms with Gasteiger partial charge in [-0.3, -0.25) is 0 Å². The highest BCUT2D eigenvalue weighted by Gasteiger charge is 2.42. The minimum absolute atomic E-state index is 0.0803. The van der Waals surface area contributed by atoms with Crippen LogP contribution < -0.4 is 30.9 Å². The summed E-state index contributed by atoms with van der Waals surface area (Å²) >= 11 is 0. The Hall–Kier alpha value is -7.76. The number of hydrogen-bond acceptors (Lipinski definition) is 4. The van der Waals surface area contributed by atoms with E-state index >= 15 is 0 Å². The summed E-state index contributed by atoms with van der Waals surface area (Å²) in [6.07, 6.45) is 0. The lowest BCUT2D eigenvalue weighted by atomic mass is 9.34. The van der Waals surface area contributed by atoms with E-state index in [9.17, 15) is 0 Å². The lowest BCUT2D eigenvalue weighted by molar-refractivity contribution is 0.488. The van der Waals surface area contributed by atoms with Crippen LogP contribution in [0.5, 0.6) is 11.5 Å². The highest BCUT2D eigenvalue weighted by molar-refractivity contribution is 6.99. The van der Waals surface area contributed by atoms with Crippen molar-refractivity contribution >= 4 is 79.2 Å². The molecule has 9 aromatic carbocycles. The molecule has 2 aliphatic heterocycles. The van der Waals surface area contributed by atoms with Crippen molar-refractivity contribution in [1.29, 1.82) is 0 Å². The molecule has 0 N–H and O–H groups in total. The molecule has 0 unspecified atom stereocenters. The quantitative estimate of drug-likeness (QED) is 0.158. The number of benzene rings is 9. The van der Waals surface area contributed by atoms with Crippen LogP contribution in [0.25, 0.3) is 44.2 Å². The number of fused-ring (bicyclic) bond motifs is 7. The fourth-order valence-corrected chi connectivity index (χ4v) is 9.21. The van der Waals surface area contributed by atoms with E-state index in [-0.39, 0.29) is 6.71 Å². The van der Waals surface area contributed by atoms with Crippen LogP contribution in [0.2, 0.25) is 0 Å². The van der Waals surface area contributed by atoms with E-state index in [1.165, 1.54) is 27.7 Å². The van der Waals surface area contributed by atoms with E-state index < -0.39 is 0 Å². The fraction of sp³-hybridized carbons (Fsp3) is 0. The van der Waals surface area contributed by atoms with E-state index in [1.807, 2.05) is 12.1 Å². The third kappa shape index (κ3) is 5.47. The van der Waals surface area contributed by atoms with Crippen LogP contribution in [0.15, 0.2) is 217 Å². The van der Waals surface area contributed by atoms with Gasteiger partial charge < -0.3 is 19.0 Å². The Morgan fingerprint density at radius 2 is 1.00 bits per heavy atom. The molecule has 0 radical (unpaired) electrons. The Morgan fingerprint density at radius 1 is 0.390 bits per heavy atom. The molecule has 0 spiro atoms. The van der Waals surface area contributed by atoms with E-state index in [2.05, 4.69) is 210 Å². The van der Waals surface area contributed by atoms with E-state index in [1.54, 1.807) is 0 Å². The maximum atomic E-state index is 6.94. The molecule has 276 valence electrons. The van der Waals surface area contributed by atoms with Gasteiger partial charge in [0.1, 0.15) is 22.7 Å². The van der Waals surface area contributed by atoms with E-state index in [0.717, 1.165) is 78.5 Å². The second kappa shape index (κ2) is 13.4. The molecule has 12 rings (SSSR count). The molecular weight excluding hydrogens is 719 g/mol. The molecule has 10 aromatic rings. The van der Waals surface area contributed by atoms with Crippen molar-refractivity contribution in [3.8, 4) is 33.8 Å². The topological polar surface area (TPSA) is 28.9 Å². The molecule has 0 atom stereocenters. The van der Waals surface area contributed by atoms with Crippen molar-refractivity contribution in [3.63, 3.8) is 0 Å². The summed E-state index contributed by atoms with van der Waals surface area (Å²) in [4.78, 5) is 4.66. The molecule has 1 aromatic heterocycles. The van der Waals surface area contributed by atoms with Crippen LogP contribution in [0.3, 0.4) is 0 Å². The number of para-hydroxylation sites is 2. The van der Waals surface area contributed by atoms with Crippen molar-refractivity contribution in [2.45, 2.75) is 0 Å². The van der Waals surface area contributed by atoms with Gasteiger partial charge in [-0.15, -0.1) is 0 Å². The van der Waals surface area contributed by atoms with Gasteiger partial charge in [0.15, 0.2) is 0 Å². The molecule has 0 amide bonds. The molecule has 0 saturated heterocycles. The van der Waals surface area contributed by atoms with Crippen LogP contribution in [-0.4, -0.2) is 6.71 Å². The Morgan fingerprint density at radius 3 is 1.69 bits per heavy atom. The third-order valence-electron chi connectivity index (χ3n) is 11.9. The molecule has 59 heavy (non-hydrogen) atoms. The van der Waals surface area contributed by atoms with Crippen molar-refractivity contribution in [1.82, 2.24) is 0 Å². The molecule has 4 nitrogen and oxygen atoms in total. The zero-order valence-corrected chi connectivity index (χ0v) is 32.0. The molecule has 0 aliphatic carbocycles. The largest absolute Gasteiger partial charge is 0.458 e. The number of furan rings is 1. The van der Waals surface area contributed by atoms with Gasteiger partial charge in [0, 0.05) is 51.0 Å². The summed E-state index contributed by atoms with van der Waals surface area (Å²) in [6.45, 7) is -0.0803. The first-order valence-electron chi connectivity index (χ1n) is 20.1. The van der Waals surface area contributed by atoms with Gasteiger partial charge in [0.25, 0.3) is 6.71 Å². The Labute approximate surface area is 342 Å². The smallest absolute Gasteiger partial charge is 0.256 e. The first-order valence-corrected chi connectivity index (χ1v) is 20.1. The summed E-state index contributed by atoms with van der Waals surface area (Å²) < 4.78 is 13.8. The van der Waals surface area contributed by atoms with Crippen LogP contribution >= 0.6 is 0 Å². The van der Waals surface area contributed by atoms with Crippen molar-refractivity contribution in [2.75, 3.05) is 9.80 Å². The Balaban J connectivity index is 1.02. The minimum Gasteiger partial charge on any atom is -0.458 e. The maximum absolute atomic E-state index is 6.94. The lowest BCUT2D eigenvalue weighted by Crippen LogP contribution is -2.59. The van der Waals surface area contributed by atoms with Crippen LogP contribution in [-0.2, 0) is 0 Å². The third-order valence-corrected chi connectivity index (χ3v) is 11.9. The monoisotopic (exact) mass is 754 g/mol. The number of ether oxygens (including phenoxy) is 1. The van der Waals surface area contributed by atoms with Crippen molar-refractivity contribution < 1.29 is 9.15 Å². The molecule has 0 bridgehead atoms. The van der Waals surface area contributed by atoms with Gasteiger partial charge in [-0.1, -0.05) is 127 Å². The molecular formula is C54H35BN2O2. The maximum Gasteiger partial charge on any atom is 0.256 e. The van der Waals surface area contributed by atoms with Gasteiger partial charge in [-0.05, 0) is 118 Å². The number of rotatable bonds is 6. The Bertz CT molecular complexity index is 3150. The van der Waals surface area contributed by atoms with Gasteiger partial charge in [0.2, 0.25) is 0 Å². The number of hydrogen-bond donors (Lipinski definition) is 0. The zero-order chi connectivity index (χ0) is 38.9. The van der Waals surface area contributed by atoms with Crippen molar-refractivity contribution in [2.24, 2.45) is 0 Å². The summed E-state index contributed by atoms with van der Waals surface area (Å²) in [5.41, 5.74) is 16.4. The zero-order valence-electron chi connectivity index (χ0n) is 32.0. The van der Waals surface area contributed by atoms with E-state index in [0.29, 0.717) is 0 Å². The van der Waals surface area contributed by atoms with Crippen LogP contribution in [0, 0.1) is 0 Å². The predicted molar refractivity (Wildman–Crippen MR) is 245 cm³/mol. The SMILES string of the molecule is c1ccc(-c2ccc(N3c4ccc(-c5ccccc5)cc4B4c5cc6oc7cc(N(c8ccccc8)c8ccccc8)ccc7c6cc5Oc5cccc3c54)cc2)cc1. The lowest BCUT2D eigenvalue weighted by Gasteiger charge is -2.40. The minimum atomic E-state index is -0.0803. The normalized spacial score (nSPS) is 12.5. The highest BCUT2D eigenvalue weighted by atomic mass is 16.5. The van der Waals surface area contributed by atoms with Gasteiger partial charge in [0.05, 0.1) is 0 Å². The van der Waals surface area contributed by atoms with E-state index in [4.69, 9.17) is 9.15 Å². The second-order valence-electron chi connectivity index (χ2n) is 15.3. The molecule has 5 heteroatoms. The number of nitrogens with zero attached hydrogens (tertiary/aromatic N) is 2. The first-order chi connectivity index (χ1) is 29.2. The molecule has 0 fully saturated rings. The Kier molecular flexibility index (Phi) is 7.60. The summed E-state index contributed by atoms with van der Waals surface area (Å²) in [5, 5.41) is 2.08. The summed E-state index contributed by atoms with van der Waals surface area (Å²) in [5.74, 6) is 1.73. The molecule has 3 heterocycles. The fourth-order valence-electron chi connectivity index (χ4n) is 9.21. The van der Waals surface area contributed by atoms with Gasteiger partial charge in [-0.2, -0.15) is 0 Å². The second-order valence-corrected chi connectivity index (χ2v) is 15.3. The van der Waals surface area contributed by atoms with Crippen LogP contribution in [0.4, 0.5) is 34.1 Å². The van der Waals surface area contributed by atoms with Crippen LogP contribution in [0.1, 0.15) is 0 Å². The average molecular weight is 755 g/mol. The van der Waals surface area contributed by atoms with Crippen molar-refractivity contribution in [3.05, 3.63) is 212 Å². The standard InChI is InChI=1S/C54H35BN2O2/c1-5-14-36(15-6-1)38-24-27-42(28-25-38)57-48-31-26-39(37-16-7-2-8-17-37)32-46(48)55-47-35-52-45(34-53(47)58-50-23-13-22-49(57)54(50)55)44-30-29-43(33-51(44)59-52)56(40-18-9-3-10-19-40)41-20-11-4-12-21-41/h1-35H. The van der Waals surface area contributed by atoms with Gasteiger partial charge >= 0.3 is 0 Å². The average Bonchev–Trinajstić information content (AvgIpc) is 3.66. The molecule has 2 aliphatic rings.